The Morgan fingerprint density at radius 1 is 0.943 bits per heavy atom. The molecule has 0 saturated heterocycles. The Balaban J connectivity index is 1.63. The van der Waals surface area contributed by atoms with Crippen LogP contribution in [-0.4, -0.2) is 23.4 Å². The smallest absolute Gasteiger partial charge is 0.406 e. The van der Waals surface area contributed by atoms with Crippen molar-refractivity contribution in [2.75, 3.05) is 6.54 Å². The van der Waals surface area contributed by atoms with Crippen LogP contribution in [0.1, 0.15) is 21.5 Å². The van der Waals surface area contributed by atoms with Gasteiger partial charge in [-0.3, -0.25) is 9.59 Å². The van der Waals surface area contributed by atoms with Crippen LogP contribution in [0.2, 0.25) is 5.02 Å². The average Bonchev–Trinajstić information content (AvgIpc) is 2.82. The van der Waals surface area contributed by atoms with Crippen molar-refractivity contribution < 1.29 is 22.7 Å². The Morgan fingerprint density at radius 2 is 1.66 bits per heavy atom. The van der Waals surface area contributed by atoms with E-state index < -0.39 is 17.8 Å². The Labute approximate surface area is 203 Å². The van der Waals surface area contributed by atoms with Crippen LogP contribution in [0.5, 0.6) is 5.75 Å². The number of carbonyl (C=O) groups excluding carboxylic acids is 1. The molecule has 0 spiro atoms. The predicted octanol–water partition coefficient (Wildman–Crippen LogP) is 5.57. The zero-order valence-corrected chi connectivity index (χ0v) is 19.1. The molecular formula is C26H20ClF3N2O3. The molecule has 9 heteroatoms. The van der Waals surface area contributed by atoms with Crippen molar-refractivity contribution in [1.29, 1.82) is 0 Å². The number of fused-ring (bicyclic) bond motifs is 1. The van der Waals surface area contributed by atoms with Gasteiger partial charge < -0.3 is 14.6 Å². The van der Waals surface area contributed by atoms with Gasteiger partial charge in [0.1, 0.15) is 11.3 Å². The monoisotopic (exact) mass is 500 g/mol. The third-order valence-electron chi connectivity index (χ3n) is 5.37. The van der Waals surface area contributed by atoms with Gasteiger partial charge in [0, 0.05) is 17.0 Å². The van der Waals surface area contributed by atoms with Crippen molar-refractivity contribution >= 4 is 28.4 Å². The lowest BCUT2D eigenvalue weighted by Crippen LogP contribution is -2.34. The number of aromatic nitrogens is 1. The van der Waals surface area contributed by atoms with E-state index in [1.807, 2.05) is 30.3 Å². The van der Waals surface area contributed by atoms with Crippen molar-refractivity contribution in [3.63, 3.8) is 0 Å². The second kappa shape index (κ2) is 10.2. The Kier molecular flexibility index (Phi) is 7.12. The predicted molar refractivity (Wildman–Crippen MR) is 128 cm³/mol. The number of hydrogen-bond donors (Lipinski definition) is 1. The van der Waals surface area contributed by atoms with Gasteiger partial charge in [-0.2, -0.15) is 0 Å². The number of carbonyl (C=O) groups is 1. The summed E-state index contributed by atoms with van der Waals surface area (Å²) >= 11 is 6.36. The summed E-state index contributed by atoms with van der Waals surface area (Å²) in [6, 6.07) is 21.3. The van der Waals surface area contributed by atoms with Crippen molar-refractivity contribution in [3.8, 4) is 5.75 Å². The molecule has 0 aliphatic rings. The van der Waals surface area contributed by atoms with Crippen LogP contribution in [-0.2, 0) is 13.0 Å². The van der Waals surface area contributed by atoms with Gasteiger partial charge in [0.2, 0.25) is 0 Å². The van der Waals surface area contributed by atoms with Gasteiger partial charge in [-0.25, -0.2) is 0 Å². The van der Waals surface area contributed by atoms with Crippen LogP contribution in [0.4, 0.5) is 13.2 Å². The molecule has 0 saturated carbocycles. The molecule has 0 radical (unpaired) electrons. The van der Waals surface area contributed by atoms with Crippen molar-refractivity contribution in [3.05, 3.63) is 111 Å². The van der Waals surface area contributed by atoms with E-state index in [1.165, 1.54) is 34.9 Å². The van der Waals surface area contributed by atoms with Crippen molar-refractivity contribution in [2.24, 2.45) is 0 Å². The first-order valence-corrected chi connectivity index (χ1v) is 11.1. The lowest BCUT2D eigenvalue weighted by atomic mass is 10.1. The molecular weight excluding hydrogens is 481 g/mol. The summed E-state index contributed by atoms with van der Waals surface area (Å²) in [5, 5.41) is 3.65. The summed E-state index contributed by atoms with van der Waals surface area (Å²) < 4.78 is 42.6. The molecule has 1 heterocycles. The summed E-state index contributed by atoms with van der Waals surface area (Å²) in [7, 11) is 0. The number of alkyl halides is 3. The molecule has 3 aromatic carbocycles. The fourth-order valence-electron chi connectivity index (χ4n) is 3.72. The number of rotatable bonds is 7. The highest BCUT2D eigenvalue weighted by atomic mass is 35.5. The van der Waals surface area contributed by atoms with Gasteiger partial charge in [0.25, 0.3) is 11.5 Å². The number of pyridine rings is 1. The quantitative estimate of drug-likeness (QED) is 0.361. The maximum Gasteiger partial charge on any atom is 0.573 e. The Hall–Kier alpha value is -3.78. The molecule has 0 aliphatic carbocycles. The highest BCUT2D eigenvalue weighted by molar-refractivity contribution is 6.35. The fourth-order valence-corrected chi connectivity index (χ4v) is 3.95. The Bertz CT molecular complexity index is 1400. The number of amides is 1. The van der Waals surface area contributed by atoms with Crippen molar-refractivity contribution in [1.82, 2.24) is 9.88 Å². The summed E-state index contributed by atoms with van der Waals surface area (Å²) in [6.07, 6.45) is -4.20. The lowest BCUT2D eigenvalue weighted by Gasteiger charge is -2.15. The fraction of sp³-hybridized carbons (Fsp3) is 0.154. The van der Waals surface area contributed by atoms with Gasteiger partial charge >= 0.3 is 6.36 Å². The van der Waals surface area contributed by atoms with Gasteiger partial charge in [-0.15, -0.1) is 13.2 Å². The van der Waals surface area contributed by atoms with Gasteiger partial charge in [-0.1, -0.05) is 60.1 Å². The minimum Gasteiger partial charge on any atom is -0.406 e. The van der Waals surface area contributed by atoms with E-state index in [2.05, 4.69) is 10.1 Å². The molecule has 4 aromatic rings. The molecule has 0 fully saturated rings. The maximum atomic E-state index is 13.3. The number of nitrogens with zero attached hydrogens (tertiary/aromatic N) is 1. The van der Waals surface area contributed by atoms with E-state index in [0.29, 0.717) is 34.5 Å². The van der Waals surface area contributed by atoms with Gasteiger partial charge in [0.05, 0.1) is 12.1 Å². The van der Waals surface area contributed by atoms with E-state index in [9.17, 15) is 22.8 Å². The van der Waals surface area contributed by atoms with Crippen LogP contribution in [0.3, 0.4) is 0 Å². The van der Waals surface area contributed by atoms with E-state index in [1.54, 1.807) is 18.2 Å². The average molecular weight is 501 g/mol. The Morgan fingerprint density at radius 3 is 2.34 bits per heavy atom. The third kappa shape index (κ3) is 6.02. The van der Waals surface area contributed by atoms with Crippen molar-refractivity contribution in [2.45, 2.75) is 19.3 Å². The largest absolute Gasteiger partial charge is 0.573 e. The highest BCUT2D eigenvalue weighted by Gasteiger charge is 2.31. The number of halogens is 4. The number of ether oxygens (including phenoxy) is 1. The SMILES string of the molecule is O=C(NCCc1ccccc1)c1cc2c(Cl)cccc2n(Cc2ccc(OC(F)(F)F)cc2)c1=O. The van der Waals surface area contributed by atoms with Crippen LogP contribution < -0.4 is 15.6 Å². The first kappa shape index (κ1) is 24.3. The number of hydrogen-bond acceptors (Lipinski definition) is 3. The third-order valence-corrected chi connectivity index (χ3v) is 5.70. The van der Waals surface area contributed by atoms with Crippen LogP contribution in [0, 0.1) is 0 Å². The first-order chi connectivity index (χ1) is 16.7. The molecule has 4 rings (SSSR count). The maximum absolute atomic E-state index is 13.3. The second-order valence-corrected chi connectivity index (χ2v) is 8.21. The van der Waals surface area contributed by atoms with E-state index in [-0.39, 0.29) is 17.9 Å². The molecule has 0 bridgehead atoms. The van der Waals surface area contributed by atoms with Crippen LogP contribution in [0.15, 0.2) is 83.7 Å². The zero-order valence-electron chi connectivity index (χ0n) is 18.3. The summed E-state index contributed by atoms with van der Waals surface area (Å²) in [4.78, 5) is 26.2. The summed E-state index contributed by atoms with van der Waals surface area (Å²) in [5.74, 6) is -0.900. The molecule has 5 nitrogen and oxygen atoms in total. The molecule has 0 aliphatic heterocycles. The van der Waals surface area contributed by atoms with E-state index in [0.717, 1.165) is 5.56 Å². The zero-order chi connectivity index (χ0) is 25.0. The molecule has 1 amide bonds. The highest BCUT2D eigenvalue weighted by Crippen LogP contribution is 2.25. The minimum absolute atomic E-state index is 0.0209. The van der Waals surface area contributed by atoms with E-state index in [4.69, 9.17) is 11.6 Å². The minimum atomic E-state index is -4.80. The molecule has 0 atom stereocenters. The van der Waals surface area contributed by atoms with Crippen LogP contribution >= 0.6 is 11.6 Å². The second-order valence-electron chi connectivity index (χ2n) is 7.81. The standard InChI is InChI=1S/C26H20ClF3N2O3/c27-22-7-4-8-23-20(22)15-21(24(33)31-14-13-17-5-2-1-3-6-17)25(34)32(23)16-18-9-11-19(12-10-18)35-26(28,29)30/h1-12,15H,13-14,16H2,(H,31,33). The van der Waals surface area contributed by atoms with Crippen LogP contribution in [0.25, 0.3) is 10.9 Å². The topological polar surface area (TPSA) is 60.3 Å². The number of nitrogens with one attached hydrogen (secondary N) is 1. The summed E-state index contributed by atoms with van der Waals surface area (Å²) in [6.45, 7) is 0.358. The lowest BCUT2D eigenvalue weighted by molar-refractivity contribution is -0.274. The normalized spacial score (nSPS) is 11.4. The molecule has 180 valence electrons. The van der Waals surface area contributed by atoms with Gasteiger partial charge in [0.15, 0.2) is 0 Å². The van der Waals surface area contributed by atoms with Gasteiger partial charge in [-0.05, 0) is 47.9 Å². The number of benzene rings is 3. The first-order valence-electron chi connectivity index (χ1n) is 10.7. The molecule has 35 heavy (non-hydrogen) atoms. The molecule has 0 unspecified atom stereocenters. The van der Waals surface area contributed by atoms with E-state index >= 15 is 0 Å². The summed E-state index contributed by atoms with van der Waals surface area (Å²) in [5.41, 5.74) is 1.48. The molecule has 1 N–H and O–H groups in total. The molecule has 1 aromatic heterocycles.